The molecule has 2 rings (SSSR count). The van der Waals surface area contributed by atoms with E-state index in [9.17, 15) is 14.7 Å². The monoisotopic (exact) mass is 267 g/mol. The zero-order valence-electron chi connectivity index (χ0n) is 12.1. The van der Waals surface area contributed by atoms with Gasteiger partial charge in [0.15, 0.2) is 0 Å². The van der Waals surface area contributed by atoms with Gasteiger partial charge < -0.3 is 10.0 Å². The van der Waals surface area contributed by atoms with E-state index in [0.717, 1.165) is 19.3 Å². The van der Waals surface area contributed by atoms with Crippen molar-refractivity contribution in [3.63, 3.8) is 0 Å². The molecular formula is C15H25NO3. The Morgan fingerprint density at radius 1 is 1.26 bits per heavy atom. The number of nitrogens with zero attached hydrogens (tertiary/aromatic N) is 1. The molecule has 0 radical (unpaired) electrons. The Morgan fingerprint density at radius 3 is 2.53 bits per heavy atom. The molecule has 2 fully saturated rings. The maximum Gasteiger partial charge on any atom is 0.308 e. The van der Waals surface area contributed by atoms with E-state index < -0.39 is 11.9 Å². The molecule has 1 saturated heterocycles. The number of carbonyl (C=O) groups excluding carboxylic acids is 1. The molecule has 2 aliphatic rings. The summed E-state index contributed by atoms with van der Waals surface area (Å²) in [6, 6.07) is 0.0737. The summed E-state index contributed by atoms with van der Waals surface area (Å²) >= 11 is 0. The number of aliphatic carboxylic acids is 1. The molecule has 19 heavy (non-hydrogen) atoms. The normalized spacial score (nSPS) is 40.3. The van der Waals surface area contributed by atoms with E-state index in [2.05, 4.69) is 6.92 Å². The van der Waals surface area contributed by atoms with Crippen molar-refractivity contribution >= 4 is 11.9 Å². The lowest BCUT2D eigenvalue weighted by Crippen LogP contribution is -2.57. The number of rotatable bonds is 2. The van der Waals surface area contributed by atoms with Gasteiger partial charge >= 0.3 is 5.97 Å². The van der Waals surface area contributed by atoms with Gasteiger partial charge in [-0.2, -0.15) is 0 Å². The van der Waals surface area contributed by atoms with Crippen molar-refractivity contribution in [1.82, 2.24) is 4.90 Å². The second-order valence-electron chi connectivity index (χ2n) is 6.51. The summed E-state index contributed by atoms with van der Waals surface area (Å²) in [6.07, 6.45) is 4.81. The zero-order valence-corrected chi connectivity index (χ0v) is 12.1. The highest BCUT2D eigenvalue weighted by molar-refractivity contribution is 5.82. The van der Waals surface area contributed by atoms with Crippen LogP contribution in [0.25, 0.3) is 0 Å². The van der Waals surface area contributed by atoms with Crippen LogP contribution in [0, 0.1) is 17.8 Å². The molecule has 4 heteroatoms. The summed E-state index contributed by atoms with van der Waals surface area (Å²) in [7, 11) is 0. The maximum atomic E-state index is 12.3. The van der Waals surface area contributed by atoms with E-state index in [1.807, 2.05) is 18.7 Å². The van der Waals surface area contributed by atoms with E-state index in [1.54, 1.807) is 0 Å². The van der Waals surface area contributed by atoms with Gasteiger partial charge in [0.2, 0.25) is 5.91 Å². The van der Waals surface area contributed by atoms with Crippen LogP contribution in [0.5, 0.6) is 0 Å². The molecule has 0 spiro atoms. The predicted molar refractivity (Wildman–Crippen MR) is 72.6 cm³/mol. The van der Waals surface area contributed by atoms with Gasteiger partial charge in [-0.1, -0.05) is 26.7 Å². The highest BCUT2D eigenvalue weighted by Gasteiger charge is 2.44. The fourth-order valence-corrected chi connectivity index (χ4v) is 4.02. The Bertz CT molecular complexity index is 368. The van der Waals surface area contributed by atoms with Gasteiger partial charge in [0.1, 0.15) is 0 Å². The van der Waals surface area contributed by atoms with E-state index in [4.69, 9.17) is 0 Å². The highest BCUT2D eigenvalue weighted by Crippen LogP contribution is 2.36. The Labute approximate surface area is 115 Å². The summed E-state index contributed by atoms with van der Waals surface area (Å²) in [6.45, 7) is 6.02. The van der Waals surface area contributed by atoms with Crippen LogP contribution in [-0.4, -0.2) is 34.0 Å². The molecule has 5 atom stereocenters. The van der Waals surface area contributed by atoms with Crippen LogP contribution in [0.4, 0.5) is 0 Å². The summed E-state index contributed by atoms with van der Waals surface area (Å²) in [5.41, 5.74) is 0. The molecule has 0 bridgehead atoms. The molecule has 4 nitrogen and oxygen atoms in total. The van der Waals surface area contributed by atoms with Crippen molar-refractivity contribution in [2.24, 2.45) is 17.8 Å². The van der Waals surface area contributed by atoms with Crippen LogP contribution in [0.2, 0.25) is 0 Å². The number of carbonyl (C=O) groups is 2. The molecule has 1 aliphatic carbocycles. The first-order valence-corrected chi connectivity index (χ1v) is 7.45. The minimum Gasteiger partial charge on any atom is -0.481 e. The minimum atomic E-state index is -0.763. The van der Waals surface area contributed by atoms with Crippen LogP contribution >= 0.6 is 0 Å². The summed E-state index contributed by atoms with van der Waals surface area (Å²) in [4.78, 5) is 25.7. The number of carboxylic acids is 1. The van der Waals surface area contributed by atoms with Gasteiger partial charge in [0, 0.05) is 18.5 Å². The third kappa shape index (κ3) is 2.77. The van der Waals surface area contributed by atoms with Gasteiger partial charge in [0.05, 0.1) is 5.92 Å². The van der Waals surface area contributed by atoms with Crippen molar-refractivity contribution in [3.05, 3.63) is 0 Å². The fraction of sp³-hybridized carbons (Fsp3) is 0.867. The lowest BCUT2D eigenvalue weighted by Gasteiger charge is -2.46. The molecule has 1 aliphatic heterocycles. The van der Waals surface area contributed by atoms with E-state index in [0.29, 0.717) is 12.3 Å². The summed E-state index contributed by atoms with van der Waals surface area (Å²) in [5, 5.41) is 9.40. The van der Waals surface area contributed by atoms with E-state index >= 15 is 0 Å². The number of carboxylic acid groups (broad SMARTS) is 1. The molecule has 0 aromatic heterocycles. The number of likely N-dealkylation sites (tertiary alicyclic amines) is 1. The van der Waals surface area contributed by atoms with Crippen LogP contribution < -0.4 is 0 Å². The topological polar surface area (TPSA) is 57.6 Å². The molecule has 0 aromatic rings. The van der Waals surface area contributed by atoms with Crippen LogP contribution in [0.15, 0.2) is 0 Å². The van der Waals surface area contributed by atoms with Gasteiger partial charge in [0.25, 0.3) is 0 Å². The first-order chi connectivity index (χ1) is 8.91. The van der Waals surface area contributed by atoms with Crippen molar-refractivity contribution in [1.29, 1.82) is 0 Å². The van der Waals surface area contributed by atoms with Crippen LogP contribution in [0.1, 0.15) is 52.9 Å². The molecule has 1 heterocycles. The number of amides is 1. The highest BCUT2D eigenvalue weighted by atomic mass is 16.4. The van der Waals surface area contributed by atoms with Gasteiger partial charge in [-0.3, -0.25) is 9.59 Å². The molecular weight excluding hydrogens is 242 g/mol. The quantitative estimate of drug-likeness (QED) is 0.836. The molecule has 1 N–H and O–H groups in total. The maximum absolute atomic E-state index is 12.3. The third-order valence-corrected chi connectivity index (χ3v) is 4.94. The number of hydrogen-bond acceptors (Lipinski definition) is 2. The van der Waals surface area contributed by atoms with E-state index in [1.165, 1.54) is 6.42 Å². The van der Waals surface area contributed by atoms with Gasteiger partial charge in [-0.25, -0.2) is 0 Å². The van der Waals surface area contributed by atoms with Crippen molar-refractivity contribution in [3.8, 4) is 0 Å². The molecule has 1 saturated carbocycles. The summed E-state index contributed by atoms with van der Waals surface area (Å²) < 4.78 is 0. The SMILES string of the molecule is CC1CCCC(N2C(=O)CC(C)C(C(=O)O)C2C)C1. The second kappa shape index (κ2) is 5.51. The third-order valence-electron chi connectivity index (χ3n) is 4.94. The standard InChI is InChI=1S/C15H25NO3/c1-9-5-4-6-12(7-9)16-11(3)14(15(18)19)10(2)8-13(16)17/h9-12,14H,4-8H2,1-3H3,(H,18,19). The first kappa shape index (κ1) is 14.4. The van der Waals surface area contributed by atoms with Crippen molar-refractivity contribution < 1.29 is 14.7 Å². The van der Waals surface area contributed by atoms with E-state index in [-0.39, 0.29) is 23.9 Å². The van der Waals surface area contributed by atoms with Crippen LogP contribution in [-0.2, 0) is 9.59 Å². The Hall–Kier alpha value is -1.06. The first-order valence-electron chi connectivity index (χ1n) is 7.45. The number of piperidine rings is 1. The molecule has 0 aromatic carbocycles. The van der Waals surface area contributed by atoms with Crippen molar-refractivity contribution in [2.45, 2.75) is 65.0 Å². The Morgan fingerprint density at radius 2 is 1.95 bits per heavy atom. The van der Waals surface area contributed by atoms with Gasteiger partial charge in [-0.15, -0.1) is 0 Å². The Balaban J connectivity index is 2.18. The number of hydrogen-bond donors (Lipinski definition) is 1. The summed E-state index contributed by atoms with van der Waals surface area (Å²) in [5.74, 6) is -0.452. The fourth-order valence-electron chi connectivity index (χ4n) is 4.02. The lowest BCUT2D eigenvalue weighted by molar-refractivity contribution is -0.157. The van der Waals surface area contributed by atoms with Crippen molar-refractivity contribution in [2.75, 3.05) is 0 Å². The largest absolute Gasteiger partial charge is 0.481 e. The second-order valence-corrected chi connectivity index (χ2v) is 6.51. The average Bonchev–Trinajstić information content (AvgIpc) is 2.27. The Kier molecular flexibility index (Phi) is 4.16. The predicted octanol–water partition coefficient (Wildman–Crippen LogP) is 2.52. The minimum absolute atomic E-state index is 0.0581. The molecule has 1 amide bonds. The lowest BCUT2D eigenvalue weighted by atomic mass is 9.78. The zero-order chi connectivity index (χ0) is 14.2. The molecule has 108 valence electrons. The van der Waals surface area contributed by atoms with Crippen LogP contribution in [0.3, 0.4) is 0 Å². The van der Waals surface area contributed by atoms with Gasteiger partial charge in [-0.05, 0) is 31.6 Å². The smallest absolute Gasteiger partial charge is 0.308 e. The molecule has 5 unspecified atom stereocenters. The average molecular weight is 267 g/mol.